The summed E-state index contributed by atoms with van der Waals surface area (Å²) in [5, 5.41) is 0.624. The van der Waals surface area contributed by atoms with Crippen molar-refractivity contribution in [2.24, 2.45) is 0 Å². The highest BCUT2D eigenvalue weighted by Crippen LogP contribution is 2.22. The Morgan fingerprint density at radius 1 is 1.21 bits per heavy atom. The first-order chi connectivity index (χ1) is 9.06. The molecule has 0 saturated heterocycles. The van der Waals surface area contributed by atoms with Crippen LogP contribution in [-0.4, -0.2) is 19.6 Å². The second kappa shape index (κ2) is 3.99. The van der Waals surface area contributed by atoms with E-state index in [4.69, 9.17) is 23.2 Å². The number of H-pyrrole nitrogens is 1. The smallest absolute Gasteiger partial charge is 0.369 e. The molecule has 2 heterocycles. The van der Waals surface area contributed by atoms with Crippen molar-refractivity contribution in [3.8, 4) is 11.4 Å². The number of nitrogens with two attached hydrogens (primary N) is 2. The Bertz CT molecular complexity index is 820. The van der Waals surface area contributed by atoms with Gasteiger partial charge in [-0.05, 0) is 24.3 Å². The molecule has 8 heteroatoms. The largest absolute Gasteiger partial charge is 0.382 e. The summed E-state index contributed by atoms with van der Waals surface area (Å²) in [6.07, 6.45) is 0. The van der Waals surface area contributed by atoms with Crippen LogP contribution in [0.3, 0.4) is 0 Å². The summed E-state index contributed by atoms with van der Waals surface area (Å²) in [6, 6.07) is 7.07. The Morgan fingerprint density at radius 3 is 2.58 bits per heavy atom. The fourth-order valence-corrected chi connectivity index (χ4v) is 1.86. The van der Waals surface area contributed by atoms with Gasteiger partial charge in [-0.1, -0.05) is 11.6 Å². The van der Waals surface area contributed by atoms with Crippen LogP contribution in [0.2, 0.25) is 5.02 Å². The number of anilines is 1. The SMILES string of the molecule is Nc1c2[nH]c(-c3ccc(Cl)cc3)nc2nc(=O)n1N. The third kappa shape index (κ3) is 1.80. The van der Waals surface area contributed by atoms with Gasteiger partial charge in [-0.15, -0.1) is 0 Å². The van der Waals surface area contributed by atoms with Crippen molar-refractivity contribution >= 4 is 28.6 Å². The molecular formula is C11H9ClN6O. The lowest BCUT2D eigenvalue weighted by molar-refractivity contribution is 0.901. The maximum atomic E-state index is 11.4. The summed E-state index contributed by atoms with van der Waals surface area (Å²) < 4.78 is 0.770. The van der Waals surface area contributed by atoms with Crippen molar-refractivity contribution in [2.45, 2.75) is 0 Å². The summed E-state index contributed by atoms with van der Waals surface area (Å²) in [4.78, 5) is 22.4. The van der Waals surface area contributed by atoms with Crippen molar-refractivity contribution in [2.75, 3.05) is 11.6 Å². The number of rotatable bonds is 1. The lowest BCUT2D eigenvalue weighted by Crippen LogP contribution is -2.31. The number of hydrogen-bond donors (Lipinski definition) is 3. The number of aromatic amines is 1. The third-order valence-electron chi connectivity index (χ3n) is 2.73. The normalized spacial score (nSPS) is 11.0. The predicted octanol–water partition coefficient (Wildman–Crippen LogP) is 0.736. The number of hydrogen-bond acceptors (Lipinski definition) is 5. The van der Waals surface area contributed by atoms with Gasteiger partial charge in [-0.3, -0.25) is 0 Å². The molecule has 0 unspecified atom stereocenters. The molecule has 7 nitrogen and oxygen atoms in total. The van der Waals surface area contributed by atoms with E-state index in [1.807, 2.05) is 0 Å². The Hall–Kier alpha value is -2.54. The van der Waals surface area contributed by atoms with Gasteiger partial charge >= 0.3 is 5.69 Å². The predicted molar refractivity (Wildman–Crippen MR) is 73.2 cm³/mol. The number of benzene rings is 1. The molecule has 0 aliphatic rings. The molecular weight excluding hydrogens is 268 g/mol. The zero-order chi connectivity index (χ0) is 13.6. The first-order valence-corrected chi connectivity index (χ1v) is 5.73. The van der Waals surface area contributed by atoms with E-state index >= 15 is 0 Å². The van der Waals surface area contributed by atoms with E-state index in [2.05, 4.69) is 15.0 Å². The van der Waals surface area contributed by atoms with Gasteiger partial charge in [0, 0.05) is 10.6 Å². The molecule has 0 saturated carbocycles. The van der Waals surface area contributed by atoms with Crippen LogP contribution >= 0.6 is 11.6 Å². The van der Waals surface area contributed by atoms with Gasteiger partial charge in [0.05, 0.1) is 0 Å². The molecule has 0 bridgehead atoms. The van der Waals surface area contributed by atoms with Crippen LogP contribution in [0.15, 0.2) is 29.1 Å². The van der Waals surface area contributed by atoms with E-state index < -0.39 is 5.69 Å². The zero-order valence-electron chi connectivity index (χ0n) is 9.59. The van der Waals surface area contributed by atoms with E-state index in [1.165, 1.54) is 0 Å². The first kappa shape index (κ1) is 11.5. The van der Waals surface area contributed by atoms with Gasteiger partial charge in [0.1, 0.15) is 11.3 Å². The minimum absolute atomic E-state index is 0.0858. The number of aromatic nitrogens is 4. The third-order valence-corrected chi connectivity index (χ3v) is 2.98. The van der Waals surface area contributed by atoms with Gasteiger partial charge < -0.3 is 16.6 Å². The molecule has 3 rings (SSSR count). The zero-order valence-corrected chi connectivity index (χ0v) is 10.3. The quantitative estimate of drug-likeness (QED) is 0.567. The number of halogens is 1. The van der Waals surface area contributed by atoms with E-state index in [0.29, 0.717) is 16.4 Å². The van der Waals surface area contributed by atoms with Crippen molar-refractivity contribution in [3.63, 3.8) is 0 Å². The summed E-state index contributed by atoms with van der Waals surface area (Å²) in [5.74, 6) is 6.09. The maximum absolute atomic E-state index is 11.4. The summed E-state index contributed by atoms with van der Waals surface area (Å²) in [5.41, 5.74) is 6.54. The Balaban J connectivity index is 2.25. The molecule has 0 fully saturated rings. The lowest BCUT2D eigenvalue weighted by Gasteiger charge is -2.00. The molecule has 2 aromatic heterocycles. The second-order valence-corrected chi connectivity index (χ2v) is 4.38. The molecule has 0 atom stereocenters. The molecule has 0 radical (unpaired) electrons. The van der Waals surface area contributed by atoms with E-state index in [0.717, 1.165) is 10.2 Å². The van der Waals surface area contributed by atoms with Crippen molar-refractivity contribution < 1.29 is 0 Å². The molecule has 19 heavy (non-hydrogen) atoms. The van der Waals surface area contributed by atoms with E-state index in [1.54, 1.807) is 24.3 Å². The molecule has 3 aromatic rings. The second-order valence-electron chi connectivity index (χ2n) is 3.94. The lowest BCUT2D eigenvalue weighted by atomic mass is 10.2. The molecule has 5 N–H and O–H groups in total. The number of fused-ring (bicyclic) bond motifs is 1. The fourth-order valence-electron chi connectivity index (χ4n) is 1.74. The van der Waals surface area contributed by atoms with Gasteiger partial charge in [-0.25, -0.2) is 9.78 Å². The van der Waals surface area contributed by atoms with Gasteiger partial charge in [0.2, 0.25) is 0 Å². The molecule has 0 amide bonds. The van der Waals surface area contributed by atoms with Gasteiger partial charge in [0.15, 0.2) is 11.5 Å². The van der Waals surface area contributed by atoms with Crippen molar-refractivity contribution in [3.05, 3.63) is 39.8 Å². The maximum Gasteiger partial charge on any atom is 0.369 e. The van der Waals surface area contributed by atoms with Crippen LogP contribution in [0.4, 0.5) is 5.82 Å². The molecule has 1 aromatic carbocycles. The number of nitrogen functional groups attached to an aromatic ring is 2. The van der Waals surface area contributed by atoms with Gasteiger partial charge in [-0.2, -0.15) is 9.66 Å². The minimum atomic E-state index is -0.654. The number of nitrogens with zero attached hydrogens (tertiary/aromatic N) is 3. The highest BCUT2D eigenvalue weighted by Gasteiger charge is 2.12. The van der Waals surface area contributed by atoms with Crippen LogP contribution in [0.1, 0.15) is 0 Å². The van der Waals surface area contributed by atoms with Crippen LogP contribution in [0.25, 0.3) is 22.6 Å². The van der Waals surface area contributed by atoms with Gasteiger partial charge in [0.25, 0.3) is 0 Å². The molecule has 0 aliphatic carbocycles. The van der Waals surface area contributed by atoms with E-state index in [9.17, 15) is 4.79 Å². The van der Waals surface area contributed by atoms with Crippen molar-refractivity contribution in [1.82, 2.24) is 19.6 Å². The summed E-state index contributed by atoms with van der Waals surface area (Å²) >= 11 is 5.82. The first-order valence-electron chi connectivity index (χ1n) is 5.35. The summed E-state index contributed by atoms with van der Waals surface area (Å²) in [7, 11) is 0. The Kier molecular flexibility index (Phi) is 2.42. The minimum Gasteiger partial charge on any atom is -0.382 e. The van der Waals surface area contributed by atoms with Crippen molar-refractivity contribution in [1.29, 1.82) is 0 Å². The standard InChI is InChI=1S/C11H9ClN6O/c12-6-3-1-5(2-4-6)9-15-7-8(13)18(14)11(19)17-10(7)16-9/h1-4H,13-14H2,(H,15,16,17,19). The average molecular weight is 277 g/mol. The topological polar surface area (TPSA) is 116 Å². The number of nitrogens with one attached hydrogen (secondary N) is 1. The van der Waals surface area contributed by atoms with Crippen LogP contribution < -0.4 is 17.3 Å². The fraction of sp³-hybridized carbons (Fsp3) is 0. The number of imidazole rings is 1. The molecule has 0 spiro atoms. The monoisotopic (exact) mass is 276 g/mol. The Morgan fingerprint density at radius 2 is 1.89 bits per heavy atom. The Labute approximate surface area is 111 Å². The highest BCUT2D eigenvalue weighted by atomic mass is 35.5. The molecule has 96 valence electrons. The highest BCUT2D eigenvalue weighted by molar-refractivity contribution is 6.30. The average Bonchev–Trinajstić information content (AvgIpc) is 2.81. The molecule has 0 aliphatic heterocycles. The van der Waals surface area contributed by atoms with Crippen LogP contribution in [-0.2, 0) is 0 Å². The van der Waals surface area contributed by atoms with Crippen LogP contribution in [0, 0.1) is 0 Å². The summed E-state index contributed by atoms with van der Waals surface area (Å²) in [6.45, 7) is 0. The van der Waals surface area contributed by atoms with Crippen LogP contribution in [0.5, 0.6) is 0 Å². The van der Waals surface area contributed by atoms with E-state index in [-0.39, 0.29) is 11.5 Å².